The minimum atomic E-state index is -0.638. The van der Waals surface area contributed by atoms with Gasteiger partial charge in [-0.25, -0.2) is 4.39 Å². The summed E-state index contributed by atoms with van der Waals surface area (Å²) < 4.78 is 13.9. The molecule has 0 aliphatic rings. The number of hydrogen-bond donors (Lipinski definition) is 1. The van der Waals surface area contributed by atoms with Gasteiger partial charge in [0.05, 0.1) is 5.56 Å². The van der Waals surface area contributed by atoms with Crippen molar-refractivity contribution in [1.82, 2.24) is 0 Å². The van der Waals surface area contributed by atoms with Gasteiger partial charge in [0.2, 0.25) is 0 Å². The highest BCUT2D eigenvalue weighted by atomic mass is 35.5. The number of carbonyl (C=O) groups excluding carboxylic acids is 1. The van der Waals surface area contributed by atoms with Gasteiger partial charge >= 0.3 is 0 Å². The van der Waals surface area contributed by atoms with E-state index in [2.05, 4.69) is 5.32 Å². The number of para-hydroxylation sites is 1. The van der Waals surface area contributed by atoms with E-state index in [-0.39, 0.29) is 10.6 Å². The van der Waals surface area contributed by atoms with E-state index >= 15 is 0 Å². The highest BCUT2D eigenvalue weighted by molar-refractivity contribution is 6.30. The Bertz CT molecular complexity index is 865. The first-order chi connectivity index (χ1) is 11.6. The quantitative estimate of drug-likeness (QED) is 0.684. The molecular weight excluding hydrogens is 325 g/mol. The average molecular weight is 340 g/mol. The molecule has 0 unspecified atom stereocenters. The third-order valence-electron chi connectivity index (χ3n) is 3.68. The van der Waals surface area contributed by atoms with Crippen LogP contribution in [0.15, 0.2) is 72.8 Å². The SMILES string of the molecule is O=C(Nc1ccccc1Cc1ccccc1)c1ccc(Cl)cc1F. The molecule has 0 bridgehead atoms. The second-order valence-corrected chi connectivity index (χ2v) is 5.83. The standard InChI is InChI=1S/C20H15ClFNO/c21-16-10-11-17(18(22)13-16)20(24)23-19-9-5-4-8-15(19)12-14-6-2-1-3-7-14/h1-11,13H,12H2,(H,23,24). The van der Waals surface area contributed by atoms with Gasteiger partial charge in [0.15, 0.2) is 0 Å². The number of carbonyl (C=O) groups is 1. The van der Waals surface area contributed by atoms with Gasteiger partial charge < -0.3 is 5.32 Å². The van der Waals surface area contributed by atoms with Gasteiger partial charge in [-0.2, -0.15) is 0 Å². The number of benzene rings is 3. The molecule has 0 atom stereocenters. The van der Waals surface area contributed by atoms with E-state index < -0.39 is 11.7 Å². The highest BCUT2D eigenvalue weighted by Crippen LogP contribution is 2.21. The zero-order chi connectivity index (χ0) is 16.9. The van der Waals surface area contributed by atoms with Crippen molar-refractivity contribution in [2.24, 2.45) is 0 Å². The predicted molar refractivity (Wildman–Crippen MR) is 95.1 cm³/mol. The van der Waals surface area contributed by atoms with E-state index in [0.29, 0.717) is 12.1 Å². The van der Waals surface area contributed by atoms with Crippen LogP contribution in [0.25, 0.3) is 0 Å². The van der Waals surface area contributed by atoms with Crippen molar-refractivity contribution >= 4 is 23.2 Å². The van der Waals surface area contributed by atoms with Gasteiger partial charge in [-0.15, -0.1) is 0 Å². The molecule has 2 nitrogen and oxygen atoms in total. The van der Waals surface area contributed by atoms with Gasteiger partial charge in [0, 0.05) is 10.7 Å². The van der Waals surface area contributed by atoms with E-state index in [9.17, 15) is 9.18 Å². The molecular formula is C20H15ClFNO. The Morgan fingerprint density at radius 2 is 1.67 bits per heavy atom. The lowest BCUT2D eigenvalue weighted by Crippen LogP contribution is -2.15. The van der Waals surface area contributed by atoms with Gasteiger partial charge in [0.1, 0.15) is 5.82 Å². The molecule has 3 aromatic rings. The number of anilines is 1. The molecule has 3 aromatic carbocycles. The largest absolute Gasteiger partial charge is 0.322 e. The van der Waals surface area contributed by atoms with E-state index in [0.717, 1.165) is 17.2 Å². The highest BCUT2D eigenvalue weighted by Gasteiger charge is 2.14. The van der Waals surface area contributed by atoms with Gasteiger partial charge in [-0.1, -0.05) is 60.1 Å². The molecule has 1 N–H and O–H groups in total. The van der Waals surface area contributed by atoms with E-state index in [1.807, 2.05) is 54.6 Å². The van der Waals surface area contributed by atoms with Crippen LogP contribution in [0, 0.1) is 5.82 Å². The van der Waals surface area contributed by atoms with Crippen molar-refractivity contribution in [3.8, 4) is 0 Å². The van der Waals surface area contributed by atoms with Crippen LogP contribution in [0.3, 0.4) is 0 Å². The van der Waals surface area contributed by atoms with Crippen molar-refractivity contribution in [3.63, 3.8) is 0 Å². The summed E-state index contributed by atoms with van der Waals surface area (Å²) in [4.78, 5) is 12.4. The lowest BCUT2D eigenvalue weighted by atomic mass is 10.0. The molecule has 0 aliphatic carbocycles. The van der Waals surface area contributed by atoms with Crippen molar-refractivity contribution in [1.29, 1.82) is 0 Å². The maximum atomic E-state index is 13.9. The fraction of sp³-hybridized carbons (Fsp3) is 0.0500. The molecule has 0 spiro atoms. The molecule has 120 valence electrons. The topological polar surface area (TPSA) is 29.1 Å². The van der Waals surface area contributed by atoms with E-state index in [1.54, 1.807) is 0 Å². The van der Waals surface area contributed by atoms with Gasteiger partial charge in [0.25, 0.3) is 5.91 Å². The lowest BCUT2D eigenvalue weighted by molar-refractivity contribution is 0.102. The number of rotatable bonds is 4. The van der Waals surface area contributed by atoms with Gasteiger partial charge in [-0.3, -0.25) is 4.79 Å². The molecule has 0 radical (unpaired) electrons. The first-order valence-electron chi connectivity index (χ1n) is 7.52. The van der Waals surface area contributed by atoms with E-state index in [1.165, 1.54) is 12.1 Å². The van der Waals surface area contributed by atoms with Crippen LogP contribution in [0.5, 0.6) is 0 Å². The second-order valence-electron chi connectivity index (χ2n) is 5.40. The molecule has 0 heterocycles. The average Bonchev–Trinajstić information content (AvgIpc) is 2.57. The van der Waals surface area contributed by atoms with Crippen molar-refractivity contribution in [3.05, 3.63) is 100 Å². The van der Waals surface area contributed by atoms with Crippen LogP contribution in [0.1, 0.15) is 21.5 Å². The monoisotopic (exact) mass is 339 g/mol. The zero-order valence-electron chi connectivity index (χ0n) is 12.8. The normalized spacial score (nSPS) is 10.4. The summed E-state index contributed by atoms with van der Waals surface area (Å²) in [5, 5.41) is 3.04. The summed E-state index contributed by atoms with van der Waals surface area (Å²) in [6.45, 7) is 0. The number of hydrogen-bond acceptors (Lipinski definition) is 1. The summed E-state index contributed by atoms with van der Waals surface area (Å²) in [7, 11) is 0. The number of nitrogens with one attached hydrogen (secondary N) is 1. The molecule has 24 heavy (non-hydrogen) atoms. The summed E-state index contributed by atoms with van der Waals surface area (Å²) in [5.41, 5.74) is 2.73. The molecule has 4 heteroatoms. The maximum Gasteiger partial charge on any atom is 0.258 e. The van der Waals surface area contributed by atoms with E-state index in [4.69, 9.17) is 11.6 Å². The van der Waals surface area contributed by atoms with Crippen molar-refractivity contribution in [2.45, 2.75) is 6.42 Å². The fourth-order valence-corrected chi connectivity index (χ4v) is 2.63. The van der Waals surface area contributed by atoms with Crippen molar-refractivity contribution in [2.75, 3.05) is 5.32 Å². The molecule has 0 aliphatic heterocycles. The van der Waals surface area contributed by atoms with Crippen molar-refractivity contribution < 1.29 is 9.18 Å². The maximum absolute atomic E-state index is 13.9. The minimum Gasteiger partial charge on any atom is -0.322 e. The lowest BCUT2D eigenvalue weighted by Gasteiger charge is -2.12. The smallest absolute Gasteiger partial charge is 0.258 e. The Morgan fingerprint density at radius 1 is 0.958 bits per heavy atom. The second kappa shape index (κ2) is 7.28. The first kappa shape index (κ1) is 16.2. The summed E-state index contributed by atoms with van der Waals surface area (Å²) in [6.07, 6.45) is 0.681. The Kier molecular flexibility index (Phi) is 4.92. The Hall–Kier alpha value is -2.65. The van der Waals surface area contributed by atoms with Crippen LogP contribution in [0.4, 0.5) is 10.1 Å². The Balaban J connectivity index is 1.84. The summed E-state index contributed by atoms with van der Waals surface area (Å²) in [6, 6.07) is 21.5. The Morgan fingerprint density at radius 3 is 2.42 bits per heavy atom. The van der Waals surface area contributed by atoms with Crippen LogP contribution in [0.2, 0.25) is 5.02 Å². The summed E-state index contributed by atoms with van der Waals surface area (Å²) in [5.74, 6) is -1.13. The third-order valence-corrected chi connectivity index (χ3v) is 3.91. The summed E-state index contributed by atoms with van der Waals surface area (Å²) >= 11 is 5.73. The van der Waals surface area contributed by atoms with Crippen LogP contribution in [-0.2, 0) is 6.42 Å². The fourth-order valence-electron chi connectivity index (χ4n) is 2.48. The van der Waals surface area contributed by atoms with Gasteiger partial charge in [-0.05, 0) is 41.8 Å². The van der Waals surface area contributed by atoms with Crippen LogP contribution >= 0.6 is 11.6 Å². The van der Waals surface area contributed by atoms with Crippen LogP contribution < -0.4 is 5.32 Å². The number of halogens is 2. The molecule has 0 saturated heterocycles. The predicted octanol–water partition coefficient (Wildman–Crippen LogP) is 5.32. The zero-order valence-corrected chi connectivity index (χ0v) is 13.6. The third kappa shape index (κ3) is 3.81. The Labute approximate surface area is 144 Å². The first-order valence-corrected chi connectivity index (χ1v) is 7.89. The van der Waals surface area contributed by atoms with Crippen LogP contribution in [-0.4, -0.2) is 5.91 Å². The molecule has 1 amide bonds. The molecule has 0 saturated carbocycles. The minimum absolute atomic E-state index is 0.0334. The number of amides is 1. The molecule has 0 fully saturated rings. The molecule has 0 aromatic heterocycles. The molecule has 3 rings (SSSR count).